The third-order valence-corrected chi connectivity index (χ3v) is 1.97. The zero-order valence-electron chi connectivity index (χ0n) is 9.62. The molecule has 1 heterocycles. The topological polar surface area (TPSA) is 60.2 Å². The Morgan fingerprint density at radius 3 is 3.00 bits per heavy atom. The number of ether oxygens (including phenoxy) is 1. The van der Waals surface area contributed by atoms with Gasteiger partial charge in [0.15, 0.2) is 5.82 Å². The first kappa shape index (κ1) is 12.1. The van der Waals surface area contributed by atoms with E-state index in [-0.39, 0.29) is 6.10 Å². The Labute approximate surface area is 90.2 Å². The smallest absolute Gasteiger partial charge is 0.252 e. The van der Waals surface area contributed by atoms with E-state index in [1.165, 1.54) is 0 Å². The molecular formula is C10H19N3O2. The highest BCUT2D eigenvalue weighted by molar-refractivity contribution is 4.84. The second-order valence-electron chi connectivity index (χ2n) is 3.53. The van der Waals surface area contributed by atoms with Crippen LogP contribution in [0.15, 0.2) is 4.52 Å². The highest BCUT2D eigenvalue weighted by atomic mass is 16.5. The predicted octanol–water partition coefficient (Wildman–Crippen LogP) is 1.15. The lowest BCUT2D eigenvalue weighted by molar-refractivity contribution is 0.0386. The molecule has 1 unspecified atom stereocenters. The summed E-state index contributed by atoms with van der Waals surface area (Å²) in [5, 5.41) is 6.89. The Bertz CT molecular complexity index is 275. The molecule has 1 rings (SSSR count). The summed E-state index contributed by atoms with van der Waals surface area (Å²) < 4.78 is 10.5. The molecule has 0 radical (unpaired) electrons. The number of rotatable bonds is 7. The van der Waals surface area contributed by atoms with Crippen molar-refractivity contribution in [1.29, 1.82) is 0 Å². The molecule has 5 heteroatoms. The van der Waals surface area contributed by atoms with Gasteiger partial charge in [-0.1, -0.05) is 12.1 Å². The van der Waals surface area contributed by atoms with Crippen molar-refractivity contribution in [1.82, 2.24) is 15.5 Å². The number of aryl methyl sites for hydroxylation is 1. The van der Waals surface area contributed by atoms with Crippen LogP contribution in [-0.2, 0) is 17.8 Å². The van der Waals surface area contributed by atoms with Crippen molar-refractivity contribution in [3.63, 3.8) is 0 Å². The van der Waals surface area contributed by atoms with Crippen molar-refractivity contribution < 1.29 is 9.26 Å². The van der Waals surface area contributed by atoms with Crippen LogP contribution in [0.25, 0.3) is 0 Å². The summed E-state index contributed by atoms with van der Waals surface area (Å²) in [6, 6.07) is 0. The van der Waals surface area contributed by atoms with Crippen LogP contribution in [0, 0.1) is 0 Å². The first-order chi connectivity index (χ1) is 7.26. The standard InChI is InChI=1S/C10H19N3O2/c1-4-5-9-12-10(15-13-9)7-14-8(2)6-11-3/h8,11H,4-7H2,1-3H3. The monoisotopic (exact) mass is 213 g/mol. The van der Waals surface area contributed by atoms with E-state index in [1.807, 2.05) is 14.0 Å². The molecule has 0 amide bonds. The summed E-state index contributed by atoms with van der Waals surface area (Å²) in [6.45, 7) is 5.29. The van der Waals surface area contributed by atoms with Gasteiger partial charge in [0.1, 0.15) is 6.61 Å². The third kappa shape index (κ3) is 4.40. The Balaban J connectivity index is 2.30. The minimum atomic E-state index is 0.150. The van der Waals surface area contributed by atoms with Crippen LogP contribution in [0.5, 0.6) is 0 Å². The van der Waals surface area contributed by atoms with E-state index in [4.69, 9.17) is 9.26 Å². The molecule has 5 nitrogen and oxygen atoms in total. The summed E-state index contributed by atoms with van der Waals surface area (Å²) in [7, 11) is 1.89. The normalized spacial score (nSPS) is 13.0. The number of hydrogen-bond donors (Lipinski definition) is 1. The highest BCUT2D eigenvalue weighted by Gasteiger charge is 2.07. The van der Waals surface area contributed by atoms with Crippen molar-refractivity contribution >= 4 is 0 Å². The highest BCUT2D eigenvalue weighted by Crippen LogP contribution is 2.03. The van der Waals surface area contributed by atoms with Crippen molar-refractivity contribution in [3.05, 3.63) is 11.7 Å². The number of aromatic nitrogens is 2. The second-order valence-corrected chi connectivity index (χ2v) is 3.53. The lowest BCUT2D eigenvalue weighted by Gasteiger charge is -2.09. The van der Waals surface area contributed by atoms with Crippen LogP contribution in [0.1, 0.15) is 32.0 Å². The van der Waals surface area contributed by atoms with E-state index in [0.29, 0.717) is 12.5 Å². The molecule has 0 aromatic carbocycles. The molecule has 1 aromatic heterocycles. The summed E-state index contributed by atoms with van der Waals surface area (Å²) in [5.41, 5.74) is 0. The van der Waals surface area contributed by atoms with Gasteiger partial charge in [0.05, 0.1) is 6.10 Å². The quantitative estimate of drug-likeness (QED) is 0.736. The average Bonchev–Trinajstić information content (AvgIpc) is 2.64. The largest absolute Gasteiger partial charge is 0.367 e. The lowest BCUT2D eigenvalue weighted by Crippen LogP contribution is -2.23. The Morgan fingerprint density at radius 1 is 1.53 bits per heavy atom. The van der Waals surface area contributed by atoms with Crippen molar-refractivity contribution in [2.45, 2.75) is 39.4 Å². The van der Waals surface area contributed by atoms with Crippen LogP contribution in [0.2, 0.25) is 0 Å². The molecule has 1 N–H and O–H groups in total. The maximum absolute atomic E-state index is 5.50. The zero-order chi connectivity index (χ0) is 11.1. The fraction of sp³-hybridized carbons (Fsp3) is 0.800. The van der Waals surface area contributed by atoms with Gasteiger partial charge >= 0.3 is 0 Å². The molecule has 0 bridgehead atoms. The maximum Gasteiger partial charge on any atom is 0.252 e. The van der Waals surface area contributed by atoms with Crippen LogP contribution in [-0.4, -0.2) is 29.8 Å². The molecule has 0 saturated heterocycles. The van der Waals surface area contributed by atoms with Crippen molar-refractivity contribution in [3.8, 4) is 0 Å². The van der Waals surface area contributed by atoms with Crippen LogP contribution >= 0.6 is 0 Å². The van der Waals surface area contributed by atoms with Crippen LogP contribution < -0.4 is 5.32 Å². The molecule has 0 fully saturated rings. The zero-order valence-corrected chi connectivity index (χ0v) is 9.62. The molecule has 1 atom stereocenters. The molecule has 1 aromatic rings. The summed E-state index contributed by atoms with van der Waals surface area (Å²) >= 11 is 0. The Kier molecular flexibility index (Phi) is 5.28. The number of nitrogens with one attached hydrogen (secondary N) is 1. The van der Waals surface area contributed by atoms with Crippen molar-refractivity contribution in [2.75, 3.05) is 13.6 Å². The molecule has 0 saturated carbocycles. The molecule has 15 heavy (non-hydrogen) atoms. The fourth-order valence-corrected chi connectivity index (χ4v) is 1.23. The van der Waals surface area contributed by atoms with E-state index < -0.39 is 0 Å². The molecule has 0 aliphatic carbocycles. The molecule has 0 aliphatic heterocycles. The minimum Gasteiger partial charge on any atom is -0.367 e. The van der Waals surface area contributed by atoms with Gasteiger partial charge in [0.25, 0.3) is 5.89 Å². The SMILES string of the molecule is CCCc1noc(COC(C)CNC)n1. The molecule has 0 spiro atoms. The second kappa shape index (κ2) is 6.53. The van der Waals surface area contributed by atoms with Gasteiger partial charge in [-0.15, -0.1) is 0 Å². The average molecular weight is 213 g/mol. The van der Waals surface area contributed by atoms with E-state index in [9.17, 15) is 0 Å². The summed E-state index contributed by atoms with van der Waals surface area (Å²) in [6.07, 6.45) is 2.03. The number of hydrogen-bond acceptors (Lipinski definition) is 5. The lowest BCUT2D eigenvalue weighted by atomic mass is 10.3. The Morgan fingerprint density at radius 2 is 2.33 bits per heavy atom. The van der Waals surface area contributed by atoms with Crippen molar-refractivity contribution in [2.24, 2.45) is 0 Å². The third-order valence-electron chi connectivity index (χ3n) is 1.97. The number of likely N-dealkylation sites (N-methyl/N-ethyl adjacent to an activating group) is 1. The minimum absolute atomic E-state index is 0.150. The first-order valence-electron chi connectivity index (χ1n) is 5.34. The molecular weight excluding hydrogens is 194 g/mol. The van der Waals surface area contributed by atoms with Gasteiger partial charge < -0.3 is 14.6 Å². The van der Waals surface area contributed by atoms with E-state index in [2.05, 4.69) is 22.4 Å². The number of nitrogens with zero attached hydrogens (tertiary/aromatic N) is 2. The van der Waals surface area contributed by atoms with E-state index in [1.54, 1.807) is 0 Å². The van der Waals surface area contributed by atoms with E-state index in [0.717, 1.165) is 25.2 Å². The van der Waals surface area contributed by atoms with Gasteiger partial charge in [0, 0.05) is 13.0 Å². The van der Waals surface area contributed by atoms with Crippen LogP contribution in [0.4, 0.5) is 0 Å². The first-order valence-corrected chi connectivity index (χ1v) is 5.34. The fourth-order valence-electron chi connectivity index (χ4n) is 1.23. The van der Waals surface area contributed by atoms with Gasteiger partial charge in [-0.3, -0.25) is 0 Å². The van der Waals surface area contributed by atoms with Gasteiger partial charge in [0.2, 0.25) is 0 Å². The van der Waals surface area contributed by atoms with Gasteiger partial charge in [-0.2, -0.15) is 4.98 Å². The van der Waals surface area contributed by atoms with Gasteiger partial charge in [-0.05, 0) is 20.4 Å². The van der Waals surface area contributed by atoms with E-state index >= 15 is 0 Å². The summed E-state index contributed by atoms with van der Waals surface area (Å²) in [4.78, 5) is 4.21. The van der Waals surface area contributed by atoms with Gasteiger partial charge in [-0.25, -0.2) is 0 Å². The summed E-state index contributed by atoms with van der Waals surface area (Å²) in [5.74, 6) is 1.32. The molecule has 0 aliphatic rings. The maximum atomic E-state index is 5.50. The Hall–Kier alpha value is -0.940. The molecule has 86 valence electrons. The predicted molar refractivity (Wildman–Crippen MR) is 56.5 cm³/mol. The van der Waals surface area contributed by atoms with Crippen LogP contribution in [0.3, 0.4) is 0 Å².